The molecule has 0 unspecified atom stereocenters. The van der Waals surface area contributed by atoms with E-state index in [9.17, 15) is 9.59 Å². The Kier molecular flexibility index (Phi) is 4.82. The highest BCUT2D eigenvalue weighted by molar-refractivity contribution is 6.30. The number of likely N-dealkylation sites (N-methyl/N-ethyl adjacent to an activating group) is 1. The number of hydrogen-bond donors (Lipinski definition) is 0. The minimum Gasteiger partial charge on any atom is -0.497 e. The Hall–Kier alpha value is -3.51. The Bertz CT molecular complexity index is 1200. The molecule has 2 heterocycles. The van der Waals surface area contributed by atoms with Crippen LogP contribution in [-0.2, 0) is 15.1 Å². The van der Waals surface area contributed by atoms with E-state index in [1.807, 2.05) is 42.5 Å². The van der Waals surface area contributed by atoms with E-state index in [0.29, 0.717) is 22.2 Å². The summed E-state index contributed by atoms with van der Waals surface area (Å²) in [7, 11) is 3.30. The summed E-state index contributed by atoms with van der Waals surface area (Å²) in [5.74, 6) is 0.795. The number of rotatable bonds is 4. The molecule has 5 rings (SSSR count). The molecule has 0 aromatic heterocycles. The fourth-order valence-electron chi connectivity index (χ4n) is 4.62. The third-order valence-electron chi connectivity index (χ3n) is 6.22. The number of fused-ring (bicyclic) bond motifs is 3. The van der Waals surface area contributed by atoms with E-state index in [1.165, 1.54) is 0 Å². The van der Waals surface area contributed by atoms with Crippen molar-refractivity contribution in [2.24, 2.45) is 0 Å². The topological polar surface area (TPSA) is 59.1 Å². The van der Waals surface area contributed by atoms with Gasteiger partial charge in [-0.2, -0.15) is 0 Å². The third-order valence-corrected chi connectivity index (χ3v) is 6.46. The van der Waals surface area contributed by atoms with Gasteiger partial charge < -0.3 is 19.3 Å². The molecule has 0 N–H and O–H groups in total. The number of ether oxygens (including phenoxy) is 2. The van der Waals surface area contributed by atoms with E-state index in [1.54, 1.807) is 54.3 Å². The molecule has 7 heteroatoms. The van der Waals surface area contributed by atoms with Crippen molar-refractivity contribution in [3.8, 4) is 11.5 Å². The van der Waals surface area contributed by atoms with Crippen molar-refractivity contribution in [2.75, 3.05) is 25.6 Å². The highest BCUT2D eigenvalue weighted by Gasteiger charge is 2.66. The van der Waals surface area contributed by atoms with E-state index in [0.717, 1.165) is 11.1 Å². The summed E-state index contributed by atoms with van der Waals surface area (Å²) in [6.07, 6.45) is -0.866. The number of carbonyl (C=O) groups excluding carboxylic acids is 2. The number of hydrogen-bond acceptors (Lipinski definition) is 4. The van der Waals surface area contributed by atoms with Gasteiger partial charge in [0.05, 0.1) is 7.11 Å². The molecule has 2 aliphatic rings. The van der Waals surface area contributed by atoms with Crippen LogP contribution < -0.4 is 14.4 Å². The van der Waals surface area contributed by atoms with Crippen molar-refractivity contribution in [2.45, 2.75) is 11.6 Å². The van der Waals surface area contributed by atoms with Gasteiger partial charge in [-0.05, 0) is 48.0 Å². The van der Waals surface area contributed by atoms with Crippen molar-refractivity contribution >= 4 is 29.1 Å². The van der Waals surface area contributed by atoms with Crippen LogP contribution in [0.25, 0.3) is 0 Å². The molecule has 0 bridgehead atoms. The Labute approximate surface area is 190 Å². The van der Waals surface area contributed by atoms with Gasteiger partial charge in [0.15, 0.2) is 0 Å². The standard InChI is InChI=1S/C25H21ClN2O4/c1-27-21-13-8-17(26)14-20(21)25(16-6-4-3-5-7-16)23(24(30)28(25)15-22(27)29)32-19-11-9-18(31-2)10-12-19/h3-14,23H,15H2,1-2H3/t23-,25-/m1/s1. The number of amides is 2. The molecule has 6 nitrogen and oxygen atoms in total. The van der Waals surface area contributed by atoms with Crippen molar-refractivity contribution < 1.29 is 19.1 Å². The second kappa shape index (κ2) is 7.57. The summed E-state index contributed by atoms with van der Waals surface area (Å²) < 4.78 is 11.5. The van der Waals surface area contributed by atoms with E-state index in [2.05, 4.69) is 0 Å². The minimum atomic E-state index is -1.00. The first kappa shape index (κ1) is 20.4. The molecule has 2 aliphatic heterocycles. The number of β-lactam (4-membered cyclic amide) rings is 1. The predicted molar refractivity (Wildman–Crippen MR) is 121 cm³/mol. The number of benzene rings is 3. The van der Waals surface area contributed by atoms with Crippen LogP contribution in [0.2, 0.25) is 5.02 Å². The maximum atomic E-state index is 13.4. The van der Waals surface area contributed by atoms with E-state index in [4.69, 9.17) is 21.1 Å². The van der Waals surface area contributed by atoms with Gasteiger partial charge in [-0.3, -0.25) is 9.59 Å². The van der Waals surface area contributed by atoms with Gasteiger partial charge in [-0.1, -0.05) is 41.9 Å². The van der Waals surface area contributed by atoms with Gasteiger partial charge >= 0.3 is 0 Å². The Morgan fingerprint density at radius 2 is 1.66 bits per heavy atom. The monoisotopic (exact) mass is 448 g/mol. The minimum absolute atomic E-state index is 0.0565. The SMILES string of the molecule is COc1ccc(O[C@@H]2C(=O)N3CC(=O)N(C)c4ccc(Cl)cc4[C@]23c2ccccc2)cc1. The smallest absolute Gasteiger partial charge is 0.268 e. The second-order valence-electron chi connectivity index (χ2n) is 7.84. The molecule has 162 valence electrons. The van der Waals surface area contributed by atoms with Gasteiger partial charge in [-0.25, -0.2) is 0 Å². The van der Waals surface area contributed by atoms with Crippen molar-refractivity contribution in [3.63, 3.8) is 0 Å². The lowest BCUT2D eigenvalue weighted by Crippen LogP contribution is -2.74. The second-order valence-corrected chi connectivity index (χ2v) is 8.28. The van der Waals surface area contributed by atoms with E-state index < -0.39 is 11.6 Å². The fourth-order valence-corrected chi connectivity index (χ4v) is 4.79. The van der Waals surface area contributed by atoms with E-state index in [-0.39, 0.29) is 18.4 Å². The fraction of sp³-hybridized carbons (Fsp3) is 0.200. The first-order chi connectivity index (χ1) is 15.5. The third kappa shape index (κ3) is 2.87. The van der Waals surface area contributed by atoms with Gasteiger partial charge in [0.25, 0.3) is 5.91 Å². The predicted octanol–water partition coefficient (Wildman–Crippen LogP) is 3.86. The summed E-state index contributed by atoms with van der Waals surface area (Å²) in [6, 6.07) is 22.1. The van der Waals surface area contributed by atoms with Gasteiger partial charge in [0.1, 0.15) is 23.6 Å². The van der Waals surface area contributed by atoms with Crippen LogP contribution in [0.5, 0.6) is 11.5 Å². The van der Waals surface area contributed by atoms with Crippen LogP contribution in [0.4, 0.5) is 5.69 Å². The molecular weight excluding hydrogens is 428 g/mol. The highest BCUT2D eigenvalue weighted by atomic mass is 35.5. The molecule has 0 spiro atoms. The van der Waals surface area contributed by atoms with Gasteiger partial charge in [0.2, 0.25) is 12.0 Å². The van der Waals surface area contributed by atoms with Crippen LogP contribution in [0, 0.1) is 0 Å². The number of halogens is 1. The lowest BCUT2D eigenvalue weighted by Gasteiger charge is -2.56. The first-order valence-corrected chi connectivity index (χ1v) is 10.6. The average molecular weight is 449 g/mol. The number of methoxy groups -OCH3 is 1. The summed E-state index contributed by atoms with van der Waals surface area (Å²) in [6.45, 7) is -0.0565. The van der Waals surface area contributed by atoms with Crippen LogP contribution in [0.1, 0.15) is 11.1 Å². The zero-order valence-corrected chi connectivity index (χ0v) is 18.4. The quantitative estimate of drug-likeness (QED) is 0.569. The molecular formula is C25H21ClN2O4. The Balaban J connectivity index is 1.72. The molecule has 32 heavy (non-hydrogen) atoms. The largest absolute Gasteiger partial charge is 0.497 e. The lowest BCUT2D eigenvalue weighted by molar-refractivity contribution is -0.177. The van der Waals surface area contributed by atoms with Crippen molar-refractivity contribution in [3.05, 3.63) is 88.9 Å². The number of nitrogens with zero attached hydrogens (tertiary/aromatic N) is 2. The average Bonchev–Trinajstić information content (AvgIpc) is 2.90. The van der Waals surface area contributed by atoms with Crippen LogP contribution in [0.3, 0.4) is 0 Å². The first-order valence-electron chi connectivity index (χ1n) is 10.2. The summed E-state index contributed by atoms with van der Waals surface area (Å²) in [5, 5.41) is 0.518. The van der Waals surface area contributed by atoms with Crippen LogP contribution in [-0.4, -0.2) is 43.5 Å². The summed E-state index contributed by atoms with van der Waals surface area (Å²) in [4.78, 5) is 29.5. The van der Waals surface area contributed by atoms with Gasteiger partial charge in [-0.15, -0.1) is 0 Å². The van der Waals surface area contributed by atoms with Crippen molar-refractivity contribution in [1.29, 1.82) is 0 Å². The van der Waals surface area contributed by atoms with Crippen LogP contribution in [0.15, 0.2) is 72.8 Å². The maximum absolute atomic E-state index is 13.4. The lowest BCUT2D eigenvalue weighted by atomic mass is 9.69. The number of anilines is 1. The molecule has 3 aromatic rings. The zero-order valence-electron chi connectivity index (χ0n) is 17.6. The molecule has 0 aliphatic carbocycles. The molecule has 2 amide bonds. The molecule has 0 radical (unpaired) electrons. The van der Waals surface area contributed by atoms with Gasteiger partial charge in [0, 0.05) is 23.3 Å². The van der Waals surface area contributed by atoms with Crippen molar-refractivity contribution in [1.82, 2.24) is 4.90 Å². The number of carbonyl (C=O) groups is 2. The molecule has 1 saturated heterocycles. The van der Waals surface area contributed by atoms with Crippen LogP contribution >= 0.6 is 11.6 Å². The Morgan fingerprint density at radius 3 is 2.34 bits per heavy atom. The molecule has 1 fully saturated rings. The molecule has 3 aromatic carbocycles. The highest BCUT2D eigenvalue weighted by Crippen LogP contribution is 2.53. The molecule has 0 saturated carbocycles. The summed E-state index contributed by atoms with van der Waals surface area (Å²) in [5.41, 5.74) is 1.30. The summed E-state index contributed by atoms with van der Waals surface area (Å²) >= 11 is 6.42. The van der Waals surface area contributed by atoms with E-state index >= 15 is 0 Å². The maximum Gasteiger partial charge on any atom is 0.268 e. The Morgan fingerprint density at radius 1 is 0.969 bits per heavy atom. The molecule has 2 atom stereocenters. The zero-order chi connectivity index (χ0) is 22.5. The normalized spacial score (nSPS) is 21.9.